The maximum absolute atomic E-state index is 5.99. The molecule has 17 heavy (non-hydrogen) atoms. The third kappa shape index (κ3) is 2.26. The summed E-state index contributed by atoms with van der Waals surface area (Å²) in [7, 11) is 0. The van der Waals surface area contributed by atoms with Crippen LogP contribution in [-0.4, -0.2) is 6.54 Å². The molecule has 1 aromatic carbocycles. The standard InChI is InChI=1S/C16H25N/c1-11-6-5-7-14-13(11)9-8-12(10-17)15(14)16(2,3)4/h5-7,12,15H,8-10,17H2,1-4H3. The minimum atomic E-state index is 0.299. The summed E-state index contributed by atoms with van der Waals surface area (Å²) >= 11 is 0. The maximum Gasteiger partial charge on any atom is -0.00427 e. The van der Waals surface area contributed by atoms with Crippen LogP contribution in [0.2, 0.25) is 0 Å². The summed E-state index contributed by atoms with van der Waals surface area (Å²) in [6.45, 7) is 10.1. The highest BCUT2D eigenvalue weighted by Gasteiger charge is 2.36. The molecular weight excluding hydrogens is 206 g/mol. The zero-order valence-electron chi connectivity index (χ0n) is 11.6. The van der Waals surface area contributed by atoms with Gasteiger partial charge in [0.25, 0.3) is 0 Å². The normalized spacial score (nSPS) is 24.5. The van der Waals surface area contributed by atoms with Gasteiger partial charge < -0.3 is 5.73 Å². The summed E-state index contributed by atoms with van der Waals surface area (Å²) in [5.74, 6) is 1.25. The van der Waals surface area contributed by atoms with E-state index in [1.165, 1.54) is 18.4 Å². The molecule has 2 atom stereocenters. The molecule has 1 aliphatic rings. The lowest BCUT2D eigenvalue weighted by Gasteiger charge is -2.42. The van der Waals surface area contributed by atoms with Crippen molar-refractivity contribution in [2.45, 2.75) is 46.5 Å². The van der Waals surface area contributed by atoms with Crippen LogP contribution in [0.4, 0.5) is 0 Å². The molecule has 0 bridgehead atoms. The Hall–Kier alpha value is -0.820. The molecule has 1 nitrogen and oxygen atoms in total. The van der Waals surface area contributed by atoms with Crippen molar-refractivity contribution in [3.05, 3.63) is 34.9 Å². The molecule has 1 heteroatoms. The zero-order valence-corrected chi connectivity index (χ0v) is 11.6. The van der Waals surface area contributed by atoms with E-state index in [0.717, 1.165) is 6.54 Å². The Balaban J connectivity index is 2.51. The fraction of sp³-hybridized carbons (Fsp3) is 0.625. The quantitative estimate of drug-likeness (QED) is 0.784. The van der Waals surface area contributed by atoms with E-state index in [1.54, 1.807) is 11.1 Å². The molecule has 1 aliphatic carbocycles. The smallest absolute Gasteiger partial charge is 0.00427 e. The third-order valence-corrected chi connectivity index (χ3v) is 4.25. The Morgan fingerprint density at radius 2 is 2.00 bits per heavy atom. The van der Waals surface area contributed by atoms with Gasteiger partial charge in [0.05, 0.1) is 0 Å². The average molecular weight is 231 g/mol. The van der Waals surface area contributed by atoms with Crippen LogP contribution in [0.3, 0.4) is 0 Å². The van der Waals surface area contributed by atoms with E-state index < -0.39 is 0 Å². The lowest BCUT2D eigenvalue weighted by atomic mass is 9.63. The first-order valence-electron chi connectivity index (χ1n) is 6.73. The first-order chi connectivity index (χ1) is 7.95. The molecule has 0 amide bonds. The van der Waals surface area contributed by atoms with Crippen molar-refractivity contribution in [3.8, 4) is 0 Å². The molecule has 2 N–H and O–H groups in total. The number of hydrogen-bond donors (Lipinski definition) is 1. The average Bonchev–Trinajstić information content (AvgIpc) is 2.26. The van der Waals surface area contributed by atoms with Gasteiger partial charge in [-0.15, -0.1) is 0 Å². The number of benzene rings is 1. The van der Waals surface area contributed by atoms with Gasteiger partial charge in [-0.1, -0.05) is 39.0 Å². The van der Waals surface area contributed by atoms with Crippen LogP contribution in [0.1, 0.15) is 49.8 Å². The second-order valence-electron chi connectivity index (χ2n) is 6.52. The SMILES string of the molecule is Cc1cccc2c1CCC(CN)C2C(C)(C)C. The largest absolute Gasteiger partial charge is 0.330 e. The molecule has 2 rings (SSSR count). The Bertz CT molecular complexity index is 400. The van der Waals surface area contributed by atoms with Crippen molar-refractivity contribution in [2.75, 3.05) is 6.54 Å². The molecule has 94 valence electrons. The molecule has 0 spiro atoms. The fourth-order valence-electron chi connectivity index (χ4n) is 3.54. The van der Waals surface area contributed by atoms with E-state index in [0.29, 0.717) is 17.3 Å². The predicted octanol–water partition coefficient (Wildman–Crippen LogP) is 3.65. The van der Waals surface area contributed by atoms with Gasteiger partial charge in [0.2, 0.25) is 0 Å². The van der Waals surface area contributed by atoms with Crippen molar-refractivity contribution in [2.24, 2.45) is 17.1 Å². The minimum Gasteiger partial charge on any atom is -0.330 e. The minimum absolute atomic E-state index is 0.299. The number of aryl methyl sites for hydroxylation is 1. The van der Waals surface area contributed by atoms with Crippen molar-refractivity contribution in [1.82, 2.24) is 0 Å². The molecule has 0 heterocycles. The van der Waals surface area contributed by atoms with Crippen LogP contribution in [0.25, 0.3) is 0 Å². The van der Waals surface area contributed by atoms with Crippen molar-refractivity contribution in [3.63, 3.8) is 0 Å². The Kier molecular flexibility index (Phi) is 3.31. The molecule has 0 aromatic heterocycles. The first-order valence-corrected chi connectivity index (χ1v) is 6.73. The summed E-state index contributed by atoms with van der Waals surface area (Å²) in [6, 6.07) is 6.76. The molecule has 0 saturated carbocycles. The highest BCUT2D eigenvalue weighted by molar-refractivity contribution is 5.40. The van der Waals surface area contributed by atoms with Crippen LogP contribution >= 0.6 is 0 Å². The Morgan fingerprint density at radius 3 is 2.59 bits per heavy atom. The summed E-state index contributed by atoms with van der Waals surface area (Å²) in [5.41, 5.74) is 10.9. The van der Waals surface area contributed by atoms with Crippen molar-refractivity contribution < 1.29 is 0 Å². The van der Waals surface area contributed by atoms with E-state index in [9.17, 15) is 0 Å². The van der Waals surface area contributed by atoms with Crippen LogP contribution < -0.4 is 5.73 Å². The van der Waals surface area contributed by atoms with Crippen LogP contribution in [0.5, 0.6) is 0 Å². The highest BCUT2D eigenvalue weighted by Crippen LogP contribution is 2.47. The molecule has 0 aliphatic heterocycles. The highest BCUT2D eigenvalue weighted by atomic mass is 14.6. The predicted molar refractivity (Wildman–Crippen MR) is 74.2 cm³/mol. The number of fused-ring (bicyclic) bond motifs is 1. The number of rotatable bonds is 1. The maximum atomic E-state index is 5.99. The molecule has 1 aromatic rings. The Morgan fingerprint density at radius 1 is 1.29 bits per heavy atom. The summed E-state index contributed by atoms with van der Waals surface area (Å²) in [6.07, 6.45) is 2.45. The molecular formula is C16H25N. The number of hydrogen-bond acceptors (Lipinski definition) is 1. The van der Waals surface area contributed by atoms with Crippen LogP contribution in [0, 0.1) is 18.3 Å². The molecule has 0 fully saturated rings. The molecule has 0 saturated heterocycles. The third-order valence-electron chi connectivity index (χ3n) is 4.25. The number of nitrogens with two attached hydrogens (primary N) is 1. The fourth-order valence-corrected chi connectivity index (χ4v) is 3.54. The van der Waals surface area contributed by atoms with Gasteiger partial charge in [0.1, 0.15) is 0 Å². The van der Waals surface area contributed by atoms with Gasteiger partial charge in [0.15, 0.2) is 0 Å². The van der Waals surface area contributed by atoms with E-state index in [4.69, 9.17) is 5.73 Å². The summed E-state index contributed by atoms with van der Waals surface area (Å²) < 4.78 is 0. The van der Waals surface area contributed by atoms with Gasteiger partial charge in [-0.05, 0) is 60.3 Å². The van der Waals surface area contributed by atoms with Crippen LogP contribution in [-0.2, 0) is 6.42 Å². The first kappa shape index (κ1) is 12.6. The molecule has 0 radical (unpaired) electrons. The van der Waals surface area contributed by atoms with E-state index >= 15 is 0 Å². The zero-order chi connectivity index (χ0) is 12.6. The van der Waals surface area contributed by atoms with Crippen molar-refractivity contribution in [1.29, 1.82) is 0 Å². The van der Waals surface area contributed by atoms with E-state index in [-0.39, 0.29) is 0 Å². The topological polar surface area (TPSA) is 26.0 Å². The Labute approximate surface area is 105 Å². The van der Waals surface area contributed by atoms with Gasteiger partial charge in [-0.25, -0.2) is 0 Å². The van der Waals surface area contributed by atoms with Gasteiger partial charge in [-0.2, -0.15) is 0 Å². The van der Waals surface area contributed by atoms with E-state index in [2.05, 4.69) is 45.9 Å². The monoisotopic (exact) mass is 231 g/mol. The lowest BCUT2D eigenvalue weighted by Crippen LogP contribution is -2.35. The lowest BCUT2D eigenvalue weighted by molar-refractivity contribution is 0.216. The second kappa shape index (κ2) is 4.45. The summed E-state index contributed by atoms with van der Waals surface area (Å²) in [5, 5.41) is 0. The second-order valence-corrected chi connectivity index (χ2v) is 6.52. The van der Waals surface area contributed by atoms with Crippen LogP contribution in [0.15, 0.2) is 18.2 Å². The van der Waals surface area contributed by atoms with Crippen molar-refractivity contribution >= 4 is 0 Å². The summed E-state index contributed by atoms with van der Waals surface area (Å²) in [4.78, 5) is 0. The van der Waals surface area contributed by atoms with Gasteiger partial charge in [0, 0.05) is 0 Å². The van der Waals surface area contributed by atoms with E-state index in [1.807, 2.05) is 0 Å². The van der Waals surface area contributed by atoms with Gasteiger partial charge in [-0.3, -0.25) is 0 Å². The molecule has 2 unspecified atom stereocenters. The van der Waals surface area contributed by atoms with Gasteiger partial charge >= 0.3 is 0 Å².